The van der Waals surface area contributed by atoms with Crippen LogP contribution >= 0.6 is 0 Å². The summed E-state index contributed by atoms with van der Waals surface area (Å²) in [6.45, 7) is 6.06. The average Bonchev–Trinajstić information content (AvgIpc) is 2.68. The number of nitrogens with zero attached hydrogens (tertiary/aromatic N) is 2. The summed E-state index contributed by atoms with van der Waals surface area (Å²) in [5, 5.41) is 2.94. The Morgan fingerprint density at radius 3 is 2.96 bits per heavy atom. The molecule has 1 aromatic carbocycles. The molecule has 1 aliphatic heterocycles. The molecule has 0 spiro atoms. The number of ether oxygens (including phenoxy) is 2. The number of benzene rings is 1. The molecule has 0 bridgehead atoms. The summed E-state index contributed by atoms with van der Waals surface area (Å²) >= 11 is 0. The van der Waals surface area contributed by atoms with Crippen LogP contribution in [0.25, 0.3) is 0 Å². The summed E-state index contributed by atoms with van der Waals surface area (Å²) in [6.07, 6.45) is 1.59. The fraction of sp³-hybridized carbons (Fsp3) is 0.400. The third-order valence-electron chi connectivity index (χ3n) is 4.26. The number of amides is 1. The zero-order valence-electron chi connectivity index (χ0n) is 15.1. The smallest absolute Gasteiger partial charge is 0.256 e. The summed E-state index contributed by atoms with van der Waals surface area (Å²) in [4.78, 5) is 18.9. The summed E-state index contributed by atoms with van der Waals surface area (Å²) < 4.78 is 11.2. The monoisotopic (exact) mass is 355 g/mol. The number of morpholine rings is 1. The van der Waals surface area contributed by atoms with Crippen LogP contribution in [0.15, 0.2) is 48.7 Å². The van der Waals surface area contributed by atoms with Gasteiger partial charge in [0.05, 0.1) is 19.3 Å². The van der Waals surface area contributed by atoms with Crippen molar-refractivity contribution in [2.24, 2.45) is 0 Å². The van der Waals surface area contributed by atoms with Crippen LogP contribution in [0.2, 0.25) is 0 Å². The van der Waals surface area contributed by atoms with E-state index in [1.807, 2.05) is 13.0 Å². The Morgan fingerprint density at radius 1 is 1.31 bits per heavy atom. The average molecular weight is 355 g/mol. The molecule has 1 amide bonds. The van der Waals surface area contributed by atoms with Gasteiger partial charge in [0.15, 0.2) is 0 Å². The zero-order valence-corrected chi connectivity index (χ0v) is 15.1. The van der Waals surface area contributed by atoms with Gasteiger partial charge in [0.25, 0.3) is 5.91 Å². The van der Waals surface area contributed by atoms with Crippen molar-refractivity contribution in [1.82, 2.24) is 15.2 Å². The minimum Gasteiger partial charge on any atom is -0.477 e. The van der Waals surface area contributed by atoms with E-state index in [2.05, 4.69) is 39.5 Å². The van der Waals surface area contributed by atoms with Crippen LogP contribution in [-0.2, 0) is 11.3 Å². The van der Waals surface area contributed by atoms with Crippen LogP contribution in [0.3, 0.4) is 0 Å². The minimum atomic E-state index is -0.190. The highest BCUT2D eigenvalue weighted by Gasteiger charge is 2.22. The Bertz CT molecular complexity index is 708. The van der Waals surface area contributed by atoms with E-state index in [0.717, 1.165) is 19.6 Å². The topological polar surface area (TPSA) is 63.7 Å². The first kappa shape index (κ1) is 18.4. The van der Waals surface area contributed by atoms with Crippen molar-refractivity contribution in [2.45, 2.75) is 19.6 Å². The van der Waals surface area contributed by atoms with Gasteiger partial charge in [-0.25, -0.2) is 4.98 Å². The van der Waals surface area contributed by atoms with Gasteiger partial charge in [-0.1, -0.05) is 30.3 Å². The van der Waals surface area contributed by atoms with Crippen LogP contribution in [0, 0.1) is 0 Å². The number of carbonyl (C=O) groups excluding carboxylic acids is 1. The Morgan fingerprint density at radius 2 is 2.15 bits per heavy atom. The lowest BCUT2D eigenvalue weighted by Crippen LogP contribution is -2.47. The van der Waals surface area contributed by atoms with E-state index in [9.17, 15) is 4.79 Å². The Kier molecular flexibility index (Phi) is 6.57. The highest BCUT2D eigenvalue weighted by molar-refractivity contribution is 5.96. The molecule has 2 aromatic rings. The molecule has 1 N–H and O–H groups in total. The molecule has 1 atom stereocenters. The number of hydrogen-bond donors (Lipinski definition) is 1. The Hall–Kier alpha value is -2.44. The highest BCUT2D eigenvalue weighted by atomic mass is 16.5. The predicted octanol–water partition coefficient (Wildman–Crippen LogP) is 2.11. The first-order valence-corrected chi connectivity index (χ1v) is 9.00. The fourth-order valence-electron chi connectivity index (χ4n) is 3.01. The molecule has 1 aliphatic rings. The number of rotatable bonds is 7. The maximum atomic E-state index is 12.5. The van der Waals surface area contributed by atoms with Crippen LogP contribution in [0.5, 0.6) is 5.88 Å². The largest absolute Gasteiger partial charge is 0.477 e. The van der Waals surface area contributed by atoms with Gasteiger partial charge in [0.2, 0.25) is 5.88 Å². The van der Waals surface area contributed by atoms with Gasteiger partial charge in [-0.2, -0.15) is 0 Å². The molecule has 6 heteroatoms. The van der Waals surface area contributed by atoms with Crippen molar-refractivity contribution in [2.75, 3.05) is 32.8 Å². The second kappa shape index (κ2) is 9.31. The molecule has 0 saturated carbocycles. The first-order valence-electron chi connectivity index (χ1n) is 9.00. The fourth-order valence-corrected chi connectivity index (χ4v) is 3.01. The quantitative estimate of drug-likeness (QED) is 0.824. The maximum Gasteiger partial charge on any atom is 0.256 e. The van der Waals surface area contributed by atoms with Crippen molar-refractivity contribution >= 4 is 5.91 Å². The Labute approximate surface area is 154 Å². The van der Waals surface area contributed by atoms with E-state index in [1.165, 1.54) is 5.56 Å². The zero-order chi connectivity index (χ0) is 18.2. The summed E-state index contributed by atoms with van der Waals surface area (Å²) in [7, 11) is 0. The molecule has 3 rings (SSSR count). The van der Waals surface area contributed by atoms with Gasteiger partial charge in [0.1, 0.15) is 5.56 Å². The lowest BCUT2D eigenvalue weighted by Gasteiger charge is -2.33. The van der Waals surface area contributed by atoms with Crippen molar-refractivity contribution in [1.29, 1.82) is 0 Å². The van der Waals surface area contributed by atoms with Crippen LogP contribution < -0.4 is 10.1 Å². The normalized spacial score (nSPS) is 17.7. The molecule has 1 saturated heterocycles. The summed E-state index contributed by atoms with van der Waals surface area (Å²) in [5.74, 6) is 0.174. The lowest BCUT2D eigenvalue weighted by molar-refractivity contribution is -0.0292. The van der Waals surface area contributed by atoms with Crippen molar-refractivity contribution in [3.05, 3.63) is 59.8 Å². The van der Waals surface area contributed by atoms with E-state index in [4.69, 9.17) is 9.47 Å². The minimum absolute atomic E-state index is 0.0244. The number of carbonyl (C=O) groups is 1. The van der Waals surface area contributed by atoms with Crippen molar-refractivity contribution < 1.29 is 14.3 Å². The van der Waals surface area contributed by atoms with Gasteiger partial charge < -0.3 is 14.8 Å². The second-order valence-corrected chi connectivity index (χ2v) is 6.21. The van der Waals surface area contributed by atoms with Crippen LogP contribution in [-0.4, -0.2) is 54.7 Å². The van der Waals surface area contributed by atoms with Gasteiger partial charge in [-0.3, -0.25) is 9.69 Å². The van der Waals surface area contributed by atoms with Crippen LogP contribution in [0.1, 0.15) is 22.8 Å². The maximum absolute atomic E-state index is 12.5. The number of aromatic nitrogens is 1. The number of nitrogens with one attached hydrogen (secondary N) is 1. The molecule has 26 heavy (non-hydrogen) atoms. The molecule has 0 radical (unpaired) electrons. The Balaban J connectivity index is 1.52. The number of hydrogen-bond acceptors (Lipinski definition) is 5. The lowest BCUT2D eigenvalue weighted by atomic mass is 10.2. The molecule has 2 heterocycles. The second-order valence-electron chi connectivity index (χ2n) is 6.21. The van der Waals surface area contributed by atoms with Gasteiger partial charge in [0, 0.05) is 32.4 Å². The SMILES string of the molecule is CCOc1ncccc1C(=O)NCC1CN(Cc2ccccc2)CCO1. The molecule has 1 fully saturated rings. The molecular weight excluding hydrogens is 330 g/mol. The van der Waals surface area contributed by atoms with Gasteiger partial charge in [-0.05, 0) is 24.6 Å². The third kappa shape index (κ3) is 5.03. The van der Waals surface area contributed by atoms with E-state index in [1.54, 1.807) is 18.3 Å². The van der Waals surface area contributed by atoms with Gasteiger partial charge in [-0.15, -0.1) is 0 Å². The molecule has 0 aliphatic carbocycles. The molecule has 1 aromatic heterocycles. The third-order valence-corrected chi connectivity index (χ3v) is 4.26. The van der Waals surface area contributed by atoms with E-state index >= 15 is 0 Å². The molecule has 1 unspecified atom stereocenters. The van der Waals surface area contributed by atoms with E-state index < -0.39 is 0 Å². The van der Waals surface area contributed by atoms with E-state index in [-0.39, 0.29) is 12.0 Å². The number of pyridine rings is 1. The van der Waals surface area contributed by atoms with E-state index in [0.29, 0.717) is 31.2 Å². The summed E-state index contributed by atoms with van der Waals surface area (Å²) in [5.41, 5.74) is 1.74. The standard InChI is InChI=1S/C20H25N3O3/c1-2-25-20-18(9-6-10-21-20)19(24)22-13-17-15-23(11-12-26-17)14-16-7-4-3-5-8-16/h3-10,17H,2,11-15H2,1H3,(H,22,24). The highest BCUT2D eigenvalue weighted by Crippen LogP contribution is 2.14. The van der Waals surface area contributed by atoms with Crippen molar-refractivity contribution in [3.8, 4) is 5.88 Å². The van der Waals surface area contributed by atoms with Gasteiger partial charge >= 0.3 is 0 Å². The van der Waals surface area contributed by atoms with Crippen LogP contribution in [0.4, 0.5) is 0 Å². The first-order chi connectivity index (χ1) is 12.8. The van der Waals surface area contributed by atoms with Crippen molar-refractivity contribution in [3.63, 3.8) is 0 Å². The molecular formula is C20H25N3O3. The summed E-state index contributed by atoms with van der Waals surface area (Å²) in [6, 6.07) is 13.8. The molecule has 6 nitrogen and oxygen atoms in total. The molecule has 138 valence electrons. The predicted molar refractivity (Wildman–Crippen MR) is 99.2 cm³/mol.